The van der Waals surface area contributed by atoms with E-state index in [9.17, 15) is 9.59 Å². The lowest BCUT2D eigenvalue weighted by molar-refractivity contribution is -0.144. The lowest BCUT2D eigenvalue weighted by atomic mass is 9.80. The Hall–Kier alpha value is -3.21. The Kier molecular flexibility index (Phi) is 5.06. The molecule has 5 heteroatoms. The van der Waals surface area contributed by atoms with Gasteiger partial charge in [-0.2, -0.15) is 0 Å². The SMILES string of the molecule is COC(=O)COC(=O)c1c2c(nc3ccccc13)CCC(c1ccccc1)C2. The quantitative estimate of drug-likeness (QED) is 0.648. The van der Waals surface area contributed by atoms with E-state index >= 15 is 0 Å². The van der Waals surface area contributed by atoms with Crippen LogP contribution < -0.4 is 0 Å². The van der Waals surface area contributed by atoms with Gasteiger partial charge in [0.25, 0.3) is 0 Å². The molecule has 0 fully saturated rings. The topological polar surface area (TPSA) is 65.5 Å². The van der Waals surface area contributed by atoms with Crippen LogP contribution in [0.4, 0.5) is 0 Å². The molecule has 142 valence electrons. The van der Waals surface area contributed by atoms with Crippen molar-refractivity contribution in [2.75, 3.05) is 13.7 Å². The van der Waals surface area contributed by atoms with Gasteiger partial charge in [0.05, 0.1) is 18.2 Å². The van der Waals surface area contributed by atoms with Gasteiger partial charge in [0.1, 0.15) is 0 Å². The summed E-state index contributed by atoms with van der Waals surface area (Å²) >= 11 is 0. The van der Waals surface area contributed by atoms with Gasteiger partial charge in [0.15, 0.2) is 6.61 Å². The van der Waals surface area contributed by atoms with Crippen molar-refractivity contribution < 1.29 is 19.1 Å². The zero-order valence-corrected chi connectivity index (χ0v) is 15.7. The molecular weight excluding hydrogens is 354 g/mol. The molecule has 0 radical (unpaired) electrons. The summed E-state index contributed by atoms with van der Waals surface area (Å²) in [5.41, 5.74) is 4.41. The van der Waals surface area contributed by atoms with Crippen molar-refractivity contribution in [3.05, 3.63) is 77.0 Å². The van der Waals surface area contributed by atoms with E-state index in [0.717, 1.165) is 41.4 Å². The minimum atomic E-state index is -0.581. The maximum absolute atomic E-state index is 12.9. The molecule has 28 heavy (non-hydrogen) atoms. The van der Waals surface area contributed by atoms with Gasteiger partial charge >= 0.3 is 11.9 Å². The predicted octanol–water partition coefficient (Wildman–Crippen LogP) is 3.84. The summed E-state index contributed by atoms with van der Waals surface area (Å²) < 4.78 is 9.84. The van der Waals surface area contributed by atoms with Gasteiger partial charge in [-0.15, -0.1) is 0 Å². The highest BCUT2D eigenvalue weighted by atomic mass is 16.6. The van der Waals surface area contributed by atoms with Crippen LogP contribution in [0, 0.1) is 0 Å². The maximum Gasteiger partial charge on any atom is 0.344 e. The highest BCUT2D eigenvalue weighted by molar-refractivity contribution is 6.05. The van der Waals surface area contributed by atoms with E-state index in [1.54, 1.807) is 0 Å². The Bertz CT molecular complexity index is 1030. The normalized spacial score (nSPS) is 15.7. The fraction of sp³-hybridized carbons (Fsp3) is 0.261. The molecular formula is C23H21NO4. The van der Waals surface area contributed by atoms with Crippen LogP contribution >= 0.6 is 0 Å². The van der Waals surface area contributed by atoms with Crippen molar-refractivity contribution in [1.29, 1.82) is 0 Å². The number of hydrogen-bond donors (Lipinski definition) is 0. The molecule has 0 bridgehead atoms. The van der Waals surface area contributed by atoms with Crippen LogP contribution in [0.5, 0.6) is 0 Å². The number of rotatable bonds is 4. The molecule has 0 saturated carbocycles. The summed E-state index contributed by atoms with van der Waals surface area (Å²) in [6, 6.07) is 17.9. The molecule has 0 N–H and O–H groups in total. The van der Waals surface area contributed by atoms with Gasteiger partial charge in [-0.05, 0) is 42.4 Å². The number of nitrogens with zero attached hydrogens (tertiary/aromatic N) is 1. The highest BCUT2D eigenvalue weighted by Crippen LogP contribution is 2.36. The van der Waals surface area contributed by atoms with Gasteiger partial charge in [-0.1, -0.05) is 48.5 Å². The van der Waals surface area contributed by atoms with Gasteiger partial charge in [-0.25, -0.2) is 9.59 Å². The van der Waals surface area contributed by atoms with Crippen LogP contribution in [0.1, 0.15) is 39.5 Å². The van der Waals surface area contributed by atoms with Crippen molar-refractivity contribution in [3.63, 3.8) is 0 Å². The maximum atomic E-state index is 12.9. The fourth-order valence-corrected chi connectivity index (χ4v) is 3.89. The third-order valence-corrected chi connectivity index (χ3v) is 5.28. The number of para-hydroxylation sites is 1. The van der Waals surface area contributed by atoms with Crippen molar-refractivity contribution >= 4 is 22.8 Å². The Balaban J connectivity index is 1.76. The van der Waals surface area contributed by atoms with Crippen molar-refractivity contribution in [2.45, 2.75) is 25.2 Å². The number of fused-ring (bicyclic) bond motifs is 2. The first-order chi connectivity index (χ1) is 13.7. The van der Waals surface area contributed by atoms with Crippen molar-refractivity contribution in [3.8, 4) is 0 Å². The Labute approximate surface area is 163 Å². The number of carbonyl (C=O) groups excluding carboxylic acids is 2. The summed E-state index contributed by atoms with van der Waals surface area (Å²) in [5.74, 6) is -0.763. The molecule has 0 aliphatic heterocycles. The van der Waals surface area contributed by atoms with Crippen LogP contribution in [-0.2, 0) is 27.1 Å². The van der Waals surface area contributed by atoms with Crippen LogP contribution in [0.15, 0.2) is 54.6 Å². The van der Waals surface area contributed by atoms with E-state index in [-0.39, 0.29) is 0 Å². The minimum Gasteiger partial charge on any atom is -0.466 e. The number of aromatic nitrogens is 1. The first-order valence-corrected chi connectivity index (χ1v) is 9.36. The molecule has 2 aromatic carbocycles. The number of pyridine rings is 1. The van der Waals surface area contributed by atoms with E-state index in [4.69, 9.17) is 9.72 Å². The average Bonchev–Trinajstić information content (AvgIpc) is 2.75. The number of ether oxygens (including phenoxy) is 2. The molecule has 1 aromatic heterocycles. The lowest BCUT2D eigenvalue weighted by Gasteiger charge is -2.26. The number of esters is 2. The van der Waals surface area contributed by atoms with E-state index in [1.165, 1.54) is 12.7 Å². The van der Waals surface area contributed by atoms with E-state index in [0.29, 0.717) is 11.5 Å². The van der Waals surface area contributed by atoms with Crippen LogP contribution in [0.25, 0.3) is 10.9 Å². The zero-order valence-electron chi connectivity index (χ0n) is 15.7. The molecule has 1 aliphatic rings. The second-order valence-electron chi connectivity index (χ2n) is 6.93. The van der Waals surface area contributed by atoms with Gasteiger partial charge < -0.3 is 9.47 Å². The smallest absolute Gasteiger partial charge is 0.344 e. The predicted molar refractivity (Wildman–Crippen MR) is 105 cm³/mol. The molecule has 1 unspecified atom stereocenters. The summed E-state index contributed by atoms with van der Waals surface area (Å²) in [5, 5.41) is 0.754. The molecule has 1 aliphatic carbocycles. The summed E-state index contributed by atoms with van der Waals surface area (Å²) in [7, 11) is 1.27. The number of aryl methyl sites for hydroxylation is 1. The molecule has 0 saturated heterocycles. The van der Waals surface area contributed by atoms with Gasteiger partial charge in [0, 0.05) is 11.1 Å². The first-order valence-electron chi connectivity index (χ1n) is 9.36. The van der Waals surface area contributed by atoms with Crippen LogP contribution in [0.3, 0.4) is 0 Å². The van der Waals surface area contributed by atoms with Gasteiger partial charge in [0.2, 0.25) is 0 Å². The van der Waals surface area contributed by atoms with Crippen LogP contribution in [0.2, 0.25) is 0 Å². The standard InChI is InChI=1S/C23H21NO4/c1-27-21(25)14-28-23(26)22-17-9-5-6-10-19(17)24-20-12-11-16(13-18(20)22)15-7-3-2-4-8-15/h2-10,16H,11-14H2,1H3. The van der Waals surface area contributed by atoms with Gasteiger partial charge in [-0.3, -0.25) is 4.98 Å². The molecule has 4 rings (SSSR count). The zero-order chi connectivity index (χ0) is 19.5. The van der Waals surface area contributed by atoms with Crippen molar-refractivity contribution in [1.82, 2.24) is 4.98 Å². The minimum absolute atomic E-state index is 0.323. The monoisotopic (exact) mass is 375 g/mol. The Morgan fingerprint density at radius 2 is 1.82 bits per heavy atom. The average molecular weight is 375 g/mol. The second-order valence-corrected chi connectivity index (χ2v) is 6.93. The molecule has 1 heterocycles. The summed E-state index contributed by atoms with van der Waals surface area (Å²) in [6.45, 7) is -0.400. The Morgan fingerprint density at radius 1 is 1.07 bits per heavy atom. The Morgan fingerprint density at radius 3 is 2.61 bits per heavy atom. The first kappa shape index (κ1) is 18.2. The number of benzene rings is 2. The highest BCUT2D eigenvalue weighted by Gasteiger charge is 2.28. The third-order valence-electron chi connectivity index (χ3n) is 5.28. The molecule has 0 amide bonds. The van der Waals surface area contributed by atoms with Crippen LogP contribution in [-0.4, -0.2) is 30.6 Å². The third kappa shape index (κ3) is 3.48. The molecule has 3 aromatic rings. The molecule has 0 spiro atoms. The van der Waals surface area contributed by atoms with E-state index in [1.807, 2.05) is 42.5 Å². The van der Waals surface area contributed by atoms with Crippen molar-refractivity contribution in [2.24, 2.45) is 0 Å². The summed E-state index contributed by atoms with van der Waals surface area (Å²) in [4.78, 5) is 29.2. The van der Waals surface area contributed by atoms with E-state index in [2.05, 4.69) is 16.9 Å². The second kappa shape index (κ2) is 7.80. The molecule has 1 atom stereocenters. The largest absolute Gasteiger partial charge is 0.466 e. The van der Waals surface area contributed by atoms with E-state index < -0.39 is 18.5 Å². The lowest BCUT2D eigenvalue weighted by Crippen LogP contribution is -2.21. The number of carbonyl (C=O) groups is 2. The number of methoxy groups -OCH3 is 1. The number of hydrogen-bond acceptors (Lipinski definition) is 5. The molecule has 5 nitrogen and oxygen atoms in total. The summed E-state index contributed by atoms with van der Waals surface area (Å²) in [6.07, 6.45) is 2.51. The fourth-order valence-electron chi connectivity index (χ4n) is 3.89.